The van der Waals surface area contributed by atoms with Gasteiger partial charge in [0.05, 0.1) is 6.54 Å². The van der Waals surface area contributed by atoms with E-state index in [1.807, 2.05) is 0 Å². The molecule has 2 aliphatic rings. The maximum atomic E-state index is 4.78. The molecular weight excluding hydrogens is 485 g/mol. The highest BCUT2D eigenvalue weighted by Gasteiger charge is 2.11. The fourth-order valence-corrected chi connectivity index (χ4v) is 4.31. The molecule has 2 fully saturated rings. The van der Waals surface area contributed by atoms with Crippen LogP contribution in [0.1, 0.15) is 63.0 Å². The van der Waals surface area contributed by atoms with Crippen molar-refractivity contribution in [3.63, 3.8) is 0 Å². The van der Waals surface area contributed by atoms with Gasteiger partial charge in [0.2, 0.25) is 0 Å². The van der Waals surface area contributed by atoms with Crippen LogP contribution in [0.3, 0.4) is 0 Å². The van der Waals surface area contributed by atoms with Gasteiger partial charge in [-0.15, -0.1) is 24.0 Å². The van der Waals surface area contributed by atoms with E-state index in [0.29, 0.717) is 0 Å². The summed E-state index contributed by atoms with van der Waals surface area (Å²) < 4.78 is 0. The Kier molecular flexibility index (Phi) is 12.7. The first-order valence-corrected chi connectivity index (χ1v) is 11.9. The van der Waals surface area contributed by atoms with Crippen molar-refractivity contribution in [2.45, 2.75) is 65.0 Å². The lowest BCUT2D eigenvalue weighted by Gasteiger charge is -2.26. The summed E-state index contributed by atoms with van der Waals surface area (Å²) in [5, 5.41) is 6.87. The Morgan fingerprint density at radius 2 is 1.47 bits per heavy atom. The minimum absolute atomic E-state index is 0. The first-order chi connectivity index (χ1) is 14.3. The van der Waals surface area contributed by atoms with Crippen LogP contribution in [0.2, 0.25) is 0 Å². The zero-order valence-corrected chi connectivity index (χ0v) is 21.2. The average Bonchev–Trinajstić information content (AvgIpc) is 3.27. The summed E-state index contributed by atoms with van der Waals surface area (Å²) in [7, 11) is 0. The third-order valence-corrected chi connectivity index (χ3v) is 6.03. The number of nitrogens with one attached hydrogen (secondary N) is 2. The van der Waals surface area contributed by atoms with Gasteiger partial charge in [0, 0.05) is 19.6 Å². The quantitative estimate of drug-likeness (QED) is 0.207. The highest BCUT2D eigenvalue weighted by molar-refractivity contribution is 14.0. The maximum Gasteiger partial charge on any atom is 0.191 e. The molecule has 1 aromatic carbocycles. The van der Waals surface area contributed by atoms with Gasteiger partial charge < -0.3 is 15.5 Å². The Morgan fingerprint density at radius 1 is 0.833 bits per heavy atom. The van der Waals surface area contributed by atoms with Crippen molar-refractivity contribution < 1.29 is 0 Å². The fraction of sp³-hybridized carbons (Fsp3) is 0.708. The molecule has 0 unspecified atom stereocenters. The molecule has 6 heteroatoms. The standard InChI is InChI=1S/C24H41N5.HI/c1-2-25-24(26-14-4-7-15-28-16-8-9-17-28)27-20-22-10-12-23(13-11-22)21-29-18-5-3-6-19-29;/h10-13H,2-9,14-21H2,1H3,(H2,25,26,27);1H. The number of nitrogens with zero attached hydrogens (tertiary/aromatic N) is 3. The molecule has 2 aliphatic heterocycles. The van der Waals surface area contributed by atoms with Gasteiger partial charge in [-0.25, -0.2) is 4.99 Å². The van der Waals surface area contributed by atoms with Crippen molar-refractivity contribution >= 4 is 29.9 Å². The number of guanidine groups is 1. The van der Waals surface area contributed by atoms with Crippen LogP contribution in [0.4, 0.5) is 0 Å². The summed E-state index contributed by atoms with van der Waals surface area (Å²) in [6.07, 6.45) is 9.34. The van der Waals surface area contributed by atoms with Crippen LogP contribution in [-0.2, 0) is 13.1 Å². The number of hydrogen-bond donors (Lipinski definition) is 2. The zero-order chi connectivity index (χ0) is 20.2. The number of hydrogen-bond acceptors (Lipinski definition) is 3. The molecule has 0 aliphatic carbocycles. The van der Waals surface area contributed by atoms with Crippen molar-refractivity contribution in [2.75, 3.05) is 45.8 Å². The molecule has 2 heterocycles. The fourth-order valence-electron chi connectivity index (χ4n) is 4.31. The van der Waals surface area contributed by atoms with Gasteiger partial charge >= 0.3 is 0 Å². The maximum absolute atomic E-state index is 4.78. The zero-order valence-electron chi connectivity index (χ0n) is 18.9. The Hall–Kier alpha value is -0.860. The summed E-state index contributed by atoms with van der Waals surface area (Å²) in [6.45, 7) is 12.2. The first kappa shape index (κ1) is 25.4. The predicted octanol–water partition coefficient (Wildman–Crippen LogP) is 4.22. The second-order valence-electron chi connectivity index (χ2n) is 8.53. The van der Waals surface area contributed by atoms with Crippen LogP contribution in [0.25, 0.3) is 0 Å². The van der Waals surface area contributed by atoms with E-state index in [1.54, 1.807) is 0 Å². The lowest BCUT2D eigenvalue weighted by molar-refractivity contribution is 0.221. The van der Waals surface area contributed by atoms with E-state index in [-0.39, 0.29) is 24.0 Å². The molecule has 2 saturated heterocycles. The van der Waals surface area contributed by atoms with Crippen molar-refractivity contribution in [1.82, 2.24) is 20.4 Å². The van der Waals surface area contributed by atoms with Gasteiger partial charge in [0.1, 0.15) is 0 Å². The number of aliphatic imine (C=N–C) groups is 1. The highest BCUT2D eigenvalue weighted by atomic mass is 127. The van der Waals surface area contributed by atoms with Crippen molar-refractivity contribution in [1.29, 1.82) is 0 Å². The van der Waals surface area contributed by atoms with E-state index in [4.69, 9.17) is 4.99 Å². The van der Waals surface area contributed by atoms with E-state index in [1.165, 1.54) is 88.8 Å². The number of rotatable bonds is 10. The largest absolute Gasteiger partial charge is 0.357 e. The third-order valence-electron chi connectivity index (χ3n) is 6.03. The molecule has 0 radical (unpaired) electrons. The van der Waals surface area contributed by atoms with Gasteiger partial charge in [-0.05, 0) is 89.3 Å². The van der Waals surface area contributed by atoms with Crippen molar-refractivity contribution in [3.05, 3.63) is 35.4 Å². The lowest BCUT2D eigenvalue weighted by atomic mass is 10.1. The molecule has 0 amide bonds. The summed E-state index contributed by atoms with van der Waals surface area (Å²) in [5.41, 5.74) is 2.70. The van der Waals surface area contributed by atoms with Crippen molar-refractivity contribution in [3.8, 4) is 0 Å². The molecule has 170 valence electrons. The second-order valence-corrected chi connectivity index (χ2v) is 8.53. The molecule has 0 saturated carbocycles. The summed E-state index contributed by atoms with van der Waals surface area (Å²) >= 11 is 0. The van der Waals surface area contributed by atoms with Gasteiger partial charge in [0.25, 0.3) is 0 Å². The summed E-state index contributed by atoms with van der Waals surface area (Å²) in [4.78, 5) is 9.95. The van der Waals surface area contributed by atoms with Crippen LogP contribution >= 0.6 is 24.0 Å². The normalized spacial score (nSPS) is 18.2. The smallest absolute Gasteiger partial charge is 0.191 e. The van der Waals surface area contributed by atoms with E-state index in [0.717, 1.165) is 32.1 Å². The number of piperidine rings is 1. The third kappa shape index (κ3) is 9.52. The minimum atomic E-state index is 0. The van der Waals surface area contributed by atoms with Gasteiger partial charge in [-0.1, -0.05) is 30.7 Å². The molecule has 0 bridgehead atoms. The summed E-state index contributed by atoms with van der Waals surface area (Å²) in [6, 6.07) is 9.03. The lowest BCUT2D eigenvalue weighted by Crippen LogP contribution is -2.38. The summed E-state index contributed by atoms with van der Waals surface area (Å²) in [5.74, 6) is 0.936. The van der Waals surface area contributed by atoms with Crippen LogP contribution in [0.15, 0.2) is 29.3 Å². The molecule has 1 aromatic rings. The molecule has 30 heavy (non-hydrogen) atoms. The number of halogens is 1. The molecule has 2 N–H and O–H groups in total. The van der Waals surface area contributed by atoms with E-state index < -0.39 is 0 Å². The van der Waals surface area contributed by atoms with Crippen LogP contribution in [-0.4, -0.2) is 61.6 Å². The van der Waals surface area contributed by atoms with Crippen LogP contribution in [0.5, 0.6) is 0 Å². The van der Waals surface area contributed by atoms with Crippen LogP contribution < -0.4 is 10.6 Å². The molecule has 3 rings (SSSR count). The van der Waals surface area contributed by atoms with Crippen LogP contribution in [0, 0.1) is 0 Å². The average molecular weight is 528 g/mol. The highest BCUT2D eigenvalue weighted by Crippen LogP contribution is 2.14. The number of unbranched alkanes of at least 4 members (excludes halogenated alkanes) is 1. The molecule has 5 nitrogen and oxygen atoms in total. The van der Waals surface area contributed by atoms with Gasteiger partial charge in [0.15, 0.2) is 5.96 Å². The predicted molar refractivity (Wildman–Crippen MR) is 139 cm³/mol. The van der Waals surface area contributed by atoms with Crippen molar-refractivity contribution in [2.24, 2.45) is 4.99 Å². The number of likely N-dealkylation sites (tertiary alicyclic amines) is 2. The number of benzene rings is 1. The van der Waals surface area contributed by atoms with E-state index in [9.17, 15) is 0 Å². The van der Waals surface area contributed by atoms with E-state index >= 15 is 0 Å². The second kappa shape index (κ2) is 15.0. The Labute approximate surface area is 201 Å². The van der Waals surface area contributed by atoms with Gasteiger partial charge in [-0.3, -0.25) is 4.90 Å². The molecule has 0 spiro atoms. The van der Waals surface area contributed by atoms with Gasteiger partial charge in [-0.2, -0.15) is 0 Å². The Balaban J connectivity index is 0.00000320. The minimum Gasteiger partial charge on any atom is -0.357 e. The SMILES string of the molecule is CCNC(=NCc1ccc(CN2CCCCC2)cc1)NCCCCN1CCCC1.I. The monoisotopic (exact) mass is 527 g/mol. The molecule has 0 aromatic heterocycles. The molecular formula is C24H42IN5. The Bertz CT molecular complexity index is 592. The topological polar surface area (TPSA) is 42.9 Å². The molecule has 0 atom stereocenters. The first-order valence-electron chi connectivity index (χ1n) is 11.9. The Morgan fingerprint density at radius 3 is 2.17 bits per heavy atom. The van der Waals surface area contributed by atoms with E-state index in [2.05, 4.69) is 51.6 Å².